The molecule has 0 amide bonds. The molecular weight excluding hydrogens is 667 g/mol. The molecule has 2 heteroatoms. The zero-order valence-corrected chi connectivity index (χ0v) is 29.9. The van der Waals surface area contributed by atoms with Crippen molar-refractivity contribution in [3.8, 4) is 33.4 Å². The van der Waals surface area contributed by atoms with Gasteiger partial charge in [-0.25, -0.2) is 0 Å². The molecule has 2 aliphatic carbocycles. The summed E-state index contributed by atoms with van der Waals surface area (Å²) in [4.78, 5) is 2.40. The van der Waals surface area contributed by atoms with Crippen LogP contribution in [0.15, 0.2) is 205 Å². The second-order valence-corrected chi connectivity index (χ2v) is 14.8. The average Bonchev–Trinajstić information content (AvgIpc) is 3.88. The van der Waals surface area contributed by atoms with Gasteiger partial charge < -0.3 is 9.32 Å². The Morgan fingerprint density at radius 2 is 0.855 bits per heavy atom. The number of hydrogen-bond donors (Lipinski definition) is 0. The first-order chi connectivity index (χ1) is 27.3. The van der Waals surface area contributed by atoms with Crippen LogP contribution in [0.1, 0.15) is 22.3 Å². The van der Waals surface area contributed by atoms with Crippen molar-refractivity contribution in [2.45, 2.75) is 5.41 Å². The zero-order valence-electron chi connectivity index (χ0n) is 29.9. The topological polar surface area (TPSA) is 16.4 Å². The van der Waals surface area contributed by atoms with Crippen LogP contribution in [0, 0.1) is 0 Å². The standard InChI is InChI=1S/C53H33NO/c1-3-15-34(16-4-1)44-33-46-45-31-36(28-30-51(45)55-52(46)43-23-8-7-19-38(43)44)54(35-17-5-2-6-18-35)37-27-29-42-41-22-11-14-26-49(41)53(50(42)32-37)47-24-12-9-20-39(47)40-21-10-13-25-48(40)53/h1-33H. The van der Waals surface area contributed by atoms with Crippen molar-refractivity contribution in [2.75, 3.05) is 4.90 Å². The van der Waals surface area contributed by atoms with Gasteiger partial charge in [0.05, 0.1) is 5.41 Å². The van der Waals surface area contributed by atoms with Crippen molar-refractivity contribution in [3.63, 3.8) is 0 Å². The number of rotatable bonds is 4. The molecule has 12 rings (SSSR count). The largest absolute Gasteiger partial charge is 0.455 e. The van der Waals surface area contributed by atoms with Gasteiger partial charge in [-0.15, -0.1) is 0 Å². The zero-order chi connectivity index (χ0) is 36.1. The van der Waals surface area contributed by atoms with Crippen LogP contribution in [0.4, 0.5) is 17.1 Å². The van der Waals surface area contributed by atoms with E-state index >= 15 is 0 Å². The Kier molecular flexibility index (Phi) is 6.29. The monoisotopic (exact) mass is 699 g/mol. The predicted molar refractivity (Wildman–Crippen MR) is 228 cm³/mol. The number of nitrogens with zero attached hydrogens (tertiary/aromatic N) is 1. The summed E-state index contributed by atoms with van der Waals surface area (Å²) in [5.74, 6) is 0. The molecule has 0 saturated carbocycles. The fraction of sp³-hybridized carbons (Fsp3) is 0.0189. The Bertz CT molecular complexity index is 3090. The molecule has 0 N–H and O–H groups in total. The van der Waals surface area contributed by atoms with E-state index < -0.39 is 5.41 Å². The second kappa shape index (κ2) is 11.4. The molecule has 256 valence electrons. The molecule has 1 spiro atoms. The highest BCUT2D eigenvalue weighted by Gasteiger charge is 2.51. The third-order valence-corrected chi connectivity index (χ3v) is 12.1. The molecule has 0 fully saturated rings. The summed E-state index contributed by atoms with van der Waals surface area (Å²) in [6.07, 6.45) is 0. The minimum absolute atomic E-state index is 0.420. The van der Waals surface area contributed by atoms with Crippen LogP contribution in [-0.4, -0.2) is 0 Å². The number of furan rings is 1. The molecule has 9 aromatic carbocycles. The van der Waals surface area contributed by atoms with Crippen LogP contribution in [0.25, 0.3) is 66.1 Å². The van der Waals surface area contributed by atoms with Gasteiger partial charge in [0.25, 0.3) is 0 Å². The summed E-state index contributed by atoms with van der Waals surface area (Å²) in [5, 5.41) is 4.52. The first-order valence-corrected chi connectivity index (χ1v) is 19.0. The fourth-order valence-electron chi connectivity index (χ4n) is 9.83. The maximum absolute atomic E-state index is 6.71. The Balaban J connectivity index is 1.11. The molecule has 10 aromatic rings. The summed E-state index contributed by atoms with van der Waals surface area (Å²) in [5.41, 5.74) is 17.6. The van der Waals surface area contributed by atoms with Crippen molar-refractivity contribution in [1.82, 2.24) is 0 Å². The maximum Gasteiger partial charge on any atom is 0.143 e. The smallest absolute Gasteiger partial charge is 0.143 e. The molecule has 1 heterocycles. The van der Waals surface area contributed by atoms with E-state index in [1.54, 1.807) is 0 Å². The van der Waals surface area contributed by atoms with Gasteiger partial charge in [0.15, 0.2) is 0 Å². The minimum atomic E-state index is -0.420. The molecule has 1 aromatic heterocycles. The number of benzene rings is 9. The van der Waals surface area contributed by atoms with Gasteiger partial charge in [0, 0.05) is 33.2 Å². The summed E-state index contributed by atoms with van der Waals surface area (Å²) in [6, 6.07) is 73.1. The molecule has 0 unspecified atom stereocenters. The Hall–Kier alpha value is -7.16. The van der Waals surface area contributed by atoms with E-state index in [-0.39, 0.29) is 0 Å². The van der Waals surface area contributed by atoms with E-state index in [4.69, 9.17) is 4.42 Å². The van der Waals surface area contributed by atoms with Crippen LogP contribution in [0.3, 0.4) is 0 Å². The van der Waals surface area contributed by atoms with Crippen molar-refractivity contribution in [3.05, 3.63) is 222 Å². The van der Waals surface area contributed by atoms with Crippen LogP contribution in [0.2, 0.25) is 0 Å². The molecule has 0 saturated heterocycles. The lowest BCUT2D eigenvalue weighted by molar-refractivity contribution is 0.672. The third kappa shape index (κ3) is 4.14. The summed E-state index contributed by atoms with van der Waals surface area (Å²) in [6.45, 7) is 0. The Morgan fingerprint density at radius 1 is 0.327 bits per heavy atom. The van der Waals surface area contributed by atoms with E-state index in [1.165, 1.54) is 61.0 Å². The average molecular weight is 700 g/mol. The lowest BCUT2D eigenvalue weighted by Crippen LogP contribution is -2.26. The van der Waals surface area contributed by atoms with Gasteiger partial charge in [-0.3, -0.25) is 0 Å². The van der Waals surface area contributed by atoms with Crippen LogP contribution >= 0.6 is 0 Å². The molecular formula is C53H33NO. The molecule has 0 atom stereocenters. The molecule has 55 heavy (non-hydrogen) atoms. The fourth-order valence-corrected chi connectivity index (χ4v) is 9.83. The van der Waals surface area contributed by atoms with Crippen LogP contribution in [-0.2, 0) is 5.41 Å². The second-order valence-electron chi connectivity index (χ2n) is 14.8. The van der Waals surface area contributed by atoms with E-state index in [9.17, 15) is 0 Å². The molecule has 0 aliphatic heterocycles. The number of anilines is 3. The summed E-state index contributed by atoms with van der Waals surface area (Å²) >= 11 is 0. The van der Waals surface area contributed by atoms with Crippen molar-refractivity contribution >= 4 is 49.8 Å². The normalized spacial score (nSPS) is 13.2. The Labute approximate surface area is 319 Å². The predicted octanol–water partition coefficient (Wildman–Crippen LogP) is 14.2. The van der Waals surface area contributed by atoms with E-state index in [0.717, 1.165) is 44.4 Å². The van der Waals surface area contributed by atoms with E-state index in [2.05, 4.69) is 205 Å². The Morgan fingerprint density at radius 3 is 1.53 bits per heavy atom. The van der Waals surface area contributed by atoms with Crippen molar-refractivity contribution in [2.24, 2.45) is 0 Å². The highest BCUT2D eigenvalue weighted by atomic mass is 16.3. The maximum atomic E-state index is 6.71. The molecule has 2 aliphatic rings. The van der Waals surface area contributed by atoms with Crippen LogP contribution in [0.5, 0.6) is 0 Å². The van der Waals surface area contributed by atoms with Gasteiger partial charge in [0.1, 0.15) is 11.2 Å². The minimum Gasteiger partial charge on any atom is -0.455 e. The van der Waals surface area contributed by atoms with Gasteiger partial charge in [-0.05, 0) is 110 Å². The SMILES string of the molecule is c1ccc(-c2cc3c4cc(N(c5ccccc5)c5ccc6c(c5)C5(c7ccccc7-c7ccccc75)c5ccccc5-6)ccc4oc3c3ccccc23)cc1. The number of para-hydroxylation sites is 1. The van der Waals surface area contributed by atoms with Gasteiger partial charge in [-0.2, -0.15) is 0 Å². The molecule has 2 nitrogen and oxygen atoms in total. The number of fused-ring (bicyclic) bond motifs is 15. The number of hydrogen-bond acceptors (Lipinski definition) is 2. The van der Waals surface area contributed by atoms with Crippen molar-refractivity contribution < 1.29 is 4.42 Å². The van der Waals surface area contributed by atoms with Crippen molar-refractivity contribution in [1.29, 1.82) is 0 Å². The van der Waals surface area contributed by atoms with Gasteiger partial charge >= 0.3 is 0 Å². The first-order valence-electron chi connectivity index (χ1n) is 19.0. The highest BCUT2D eigenvalue weighted by Crippen LogP contribution is 2.63. The summed E-state index contributed by atoms with van der Waals surface area (Å²) in [7, 11) is 0. The molecule has 0 bridgehead atoms. The van der Waals surface area contributed by atoms with Gasteiger partial charge in [0.2, 0.25) is 0 Å². The lowest BCUT2D eigenvalue weighted by Gasteiger charge is -2.32. The lowest BCUT2D eigenvalue weighted by atomic mass is 9.70. The molecule has 0 radical (unpaired) electrons. The first kappa shape index (κ1) is 30.3. The van der Waals surface area contributed by atoms with Gasteiger partial charge in [-0.1, -0.05) is 152 Å². The van der Waals surface area contributed by atoms with E-state index in [1.807, 2.05) is 0 Å². The highest BCUT2D eigenvalue weighted by molar-refractivity contribution is 6.19. The summed E-state index contributed by atoms with van der Waals surface area (Å²) < 4.78 is 6.71. The third-order valence-electron chi connectivity index (χ3n) is 12.1. The van der Waals surface area contributed by atoms with Crippen LogP contribution < -0.4 is 4.90 Å². The quantitative estimate of drug-likeness (QED) is 0.182. The van der Waals surface area contributed by atoms with E-state index in [0.29, 0.717) is 0 Å².